The number of hydrogen-bond donors (Lipinski definition) is 0. The second-order valence-corrected chi connectivity index (χ2v) is 3.34. The summed E-state index contributed by atoms with van der Waals surface area (Å²) in [7, 11) is 0. The zero-order chi connectivity index (χ0) is 12.6. The number of rotatable bonds is 6. The van der Waals surface area contributed by atoms with Crippen LogP contribution in [0, 0.1) is 11.8 Å². The molecule has 4 heteroatoms. The number of esters is 2. The smallest absolute Gasteiger partial charge is 0.313 e. The predicted octanol–water partition coefficient (Wildman–Crippen LogP) is 1.94. The topological polar surface area (TPSA) is 52.6 Å². The van der Waals surface area contributed by atoms with Crippen molar-refractivity contribution in [2.24, 2.45) is 11.8 Å². The summed E-state index contributed by atoms with van der Waals surface area (Å²) in [5.41, 5.74) is 0. The summed E-state index contributed by atoms with van der Waals surface area (Å²) in [6.45, 7) is 7.56. The molecule has 0 fully saturated rings. The first-order valence-electron chi connectivity index (χ1n) is 5.54. The Labute approximate surface area is 96.6 Å². The highest BCUT2D eigenvalue weighted by Crippen LogP contribution is 2.17. The molecule has 0 spiro atoms. The van der Waals surface area contributed by atoms with Gasteiger partial charge in [0, 0.05) is 0 Å². The van der Waals surface area contributed by atoms with Crippen molar-refractivity contribution in [1.29, 1.82) is 0 Å². The van der Waals surface area contributed by atoms with Gasteiger partial charge < -0.3 is 9.47 Å². The van der Waals surface area contributed by atoms with E-state index in [0.29, 0.717) is 13.2 Å². The molecule has 0 radical (unpaired) electrons. The van der Waals surface area contributed by atoms with Gasteiger partial charge in [-0.2, -0.15) is 0 Å². The van der Waals surface area contributed by atoms with Gasteiger partial charge >= 0.3 is 11.9 Å². The maximum atomic E-state index is 11.6. The van der Waals surface area contributed by atoms with Crippen LogP contribution in [0.15, 0.2) is 12.2 Å². The summed E-state index contributed by atoms with van der Waals surface area (Å²) in [6.07, 6.45) is 3.40. The molecule has 0 N–H and O–H groups in total. The van der Waals surface area contributed by atoms with E-state index in [1.165, 1.54) is 0 Å². The maximum absolute atomic E-state index is 11.6. The van der Waals surface area contributed by atoms with E-state index in [1.807, 2.05) is 0 Å². The highest BCUT2D eigenvalue weighted by atomic mass is 16.5. The Morgan fingerprint density at radius 1 is 1.12 bits per heavy atom. The molecule has 0 aliphatic rings. The molecule has 0 aliphatic carbocycles. The molecule has 0 aromatic heterocycles. The Kier molecular flexibility index (Phi) is 7.25. The molecule has 2 unspecified atom stereocenters. The van der Waals surface area contributed by atoms with Crippen molar-refractivity contribution in [2.45, 2.75) is 27.7 Å². The predicted molar refractivity (Wildman–Crippen MR) is 60.7 cm³/mol. The fourth-order valence-electron chi connectivity index (χ4n) is 1.32. The zero-order valence-electron chi connectivity index (χ0n) is 10.4. The molecule has 0 amide bonds. The van der Waals surface area contributed by atoms with Crippen LogP contribution < -0.4 is 0 Å². The number of carbonyl (C=O) groups is 2. The molecule has 0 rings (SSSR count). The van der Waals surface area contributed by atoms with Crippen LogP contribution in [0.25, 0.3) is 0 Å². The van der Waals surface area contributed by atoms with Gasteiger partial charge in [0.15, 0.2) is 0 Å². The van der Waals surface area contributed by atoms with Gasteiger partial charge in [0.25, 0.3) is 0 Å². The Bertz CT molecular complexity index is 258. The summed E-state index contributed by atoms with van der Waals surface area (Å²) in [6, 6.07) is 0. The number of carbonyl (C=O) groups excluding carboxylic acids is 2. The third-order valence-corrected chi connectivity index (χ3v) is 2.16. The molecule has 4 nitrogen and oxygen atoms in total. The van der Waals surface area contributed by atoms with E-state index in [-0.39, 0.29) is 11.9 Å². The van der Waals surface area contributed by atoms with E-state index >= 15 is 0 Å². The van der Waals surface area contributed by atoms with Crippen LogP contribution in [0.1, 0.15) is 27.7 Å². The van der Waals surface area contributed by atoms with Crippen molar-refractivity contribution < 1.29 is 19.1 Å². The standard InChI is InChI=1S/C12H20O4/c1-5-8-10(12(14)16-7-3)9(4)11(13)15-6-2/h5,8-10H,6-7H2,1-4H3/b8-5+. The first kappa shape index (κ1) is 14.7. The van der Waals surface area contributed by atoms with Gasteiger partial charge in [-0.15, -0.1) is 0 Å². The van der Waals surface area contributed by atoms with Crippen molar-refractivity contribution in [3.63, 3.8) is 0 Å². The monoisotopic (exact) mass is 228 g/mol. The zero-order valence-corrected chi connectivity index (χ0v) is 10.4. The molecule has 0 bridgehead atoms. The van der Waals surface area contributed by atoms with Gasteiger partial charge in [0.1, 0.15) is 0 Å². The molecule has 0 aromatic rings. The SMILES string of the molecule is C/C=C/C(C(=O)OCC)C(C)C(=O)OCC. The number of ether oxygens (including phenoxy) is 2. The molecular weight excluding hydrogens is 208 g/mol. The highest BCUT2D eigenvalue weighted by molar-refractivity contribution is 5.83. The van der Waals surface area contributed by atoms with E-state index in [1.54, 1.807) is 39.8 Å². The average Bonchev–Trinajstić information content (AvgIpc) is 2.25. The first-order valence-corrected chi connectivity index (χ1v) is 5.54. The summed E-state index contributed by atoms with van der Waals surface area (Å²) >= 11 is 0. The summed E-state index contributed by atoms with van der Waals surface area (Å²) < 4.78 is 9.79. The van der Waals surface area contributed by atoms with Gasteiger partial charge in [0.2, 0.25) is 0 Å². The minimum atomic E-state index is -0.566. The molecule has 0 aromatic carbocycles. The minimum absolute atomic E-state index is 0.308. The fraction of sp³-hybridized carbons (Fsp3) is 0.667. The lowest BCUT2D eigenvalue weighted by atomic mass is 9.93. The summed E-state index contributed by atoms with van der Waals surface area (Å²) in [5, 5.41) is 0. The van der Waals surface area contributed by atoms with Crippen molar-refractivity contribution in [2.75, 3.05) is 13.2 Å². The molecule has 0 aliphatic heterocycles. The van der Waals surface area contributed by atoms with E-state index in [2.05, 4.69) is 0 Å². The van der Waals surface area contributed by atoms with E-state index in [4.69, 9.17) is 9.47 Å². The lowest BCUT2D eigenvalue weighted by molar-refractivity contribution is -0.157. The van der Waals surface area contributed by atoms with Gasteiger partial charge in [-0.05, 0) is 20.8 Å². The number of hydrogen-bond acceptors (Lipinski definition) is 4. The Balaban J connectivity index is 4.63. The van der Waals surface area contributed by atoms with Crippen LogP contribution in [0.2, 0.25) is 0 Å². The van der Waals surface area contributed by atoms with E-state index in [0.717, 1.165) is 0 Å². The van der Waals surface area contributed by atoms with Crippen LogP contribution in [0.5, 0.6) is 0 Å². The Morgan fingerprint density at radius 3 is 2.06 bits per heavy atom. The van der Waals surface area contributed by atoms with Gasteiger partial charge in [-0.3, -0.25) is 9.59 Å². The Morgan fingerprint density at radius 2 is 1.62 bits per heavy atom. The maximum Gasteiger partial charge on any atom is 0.313 e. The van der Waals surface area contributed by atoms with Crippen molar-refractivity contribution in [3.05, 3.63) is 12.2 Å². The quantitative estimate of drug-likeness (QED) is 0.515. The Hall–Kier alpha value is -1.32. The van der Waals surface area contributed by atoms with Crippen LogP contribution in [-0.4, -0.2) is 25.2 Å². The van der Waals surface area contributed by atoms with Gasteiger partial charge in [-0.1, -0.05) is 19.1 Å². The molecule has 0 heterocycles. The van der Waals surface area contributed by atoms with Gasteiger partial charge in [-0.25, -0.2) is 0 Å². The fourth-order valence-corrected chi connectivity index (χ4v) is 1.32. The first-order chi connectivity index (χ1) is 7.58. The van der Waals surface area contributed by atoms with Gasteiger partial charge in [0.05, 0.1) is 25.0 Å². The van der Waals surface area contributed by atoms with Crippen molar-refractivity contribution in [3.8, 4) is 0 Å². The molecule has 0 saturated heterocycles. The third kappa shape index (κ3) is 4.47. The van der Waals surface area contributed by atoms with Crippen molar-refractivity contribution >= 4 is 11.9 Å². The molecule has 92 valence electrons. The largest absolute Gasteiger partial charge is 0.466 e. The summed E-state index contributed by atoms with van der Waals surface area (Å²) in [5.74, 6) is -1.85. The molecule has 2 atom stereocenters. The molecular formula is C12H20O4. The van der Waals surface area contributed by atoms with Crippen LogP contribution in [0.3, 0.4) is 0 Å². The second kappa shape index (κ2) is 7.91. The second-order valence-electron chi connectivity index (χ2n) is 3.34. The van der Waals surface area contributed by atoms with Crippen molar-refractivity contribution in [1.82, 2.24) is 0 Å². The summed E-state index contributed by atoms with van der Waals surface area (Å²) in [4.78, 5) is 23.1. The van der Waals surface area contributed by atoms with Crippen LogP contribution >= 0.6 is 0 Å². The van der Waals surface area contributed by atoms with E-state index < -0.39 is 11.8 Å². The highest BCUT2D eigenvalue weighted by Gasteiger charge is 2.29. The average molecular weight is 228 g/mol. The van der Waals surface area contributed by atoms with Crippen LogP contribution in [-0.2, 0) is 19.1 Å². The lowest BCUT2D eigenvalue weighted by Crippen LogP contribution is -2.29. The minimum Gasteiger partial charge on any atom is -0.466 e. The van der Waals surface area contributed by atoms with Crippen LogP contribution in [0.4, 0.5) is 0 Å². The normalized spacial score (nSPS) is 14.5. The molecule has 16 heavy (non-hydrogen) atoms. The lowest BCUT2D eigenvalue weighted by Gasteiger charge is -2.17. The third-order valence-electron chi connectivity index (χ3n) is 2.16. The van der Waals surface area contributed by atoms with E-state index in [9.17, 15) is 9.59 Å². The number of allylic oxidation sites excluding steroid dienone is 1. The molecule has 0 saturated carbocycles.